The highest BCUT2D eigenvalue weighted by molar-refractivity contribution is 7.92. The molecule has 1 atom stereocenters. The summed E-state index contributed by atoms with van der Waals surface area (Å²) in [7, 11) is -3.66. The Morgan fingerprint density at radius 2 is 2.32 bits per heavy atom. The quantitative estimate of drug-likeness (QED) is 0.893. The molecular formula is C11H12N2O4S2. The van der Waals surface area contributed by atoms with E-state index in [0.717, 1.165) is 4.88 Å². The molecular weight excluding hydrogens is 288 g/mol. The summed E-state index contributed by atoms with van der Waals surface area (Å²) < 4.78 is 28.9. The Kier molecular flexibility index (Phi) is 3.72. The summed E-state index contributed by atoms with van der Waals surface area (Å²) in [5.74, 6) is -0.875. The minimum Gasteiger partial charge on any atom is -0.444 e. The van der Waals surface area contributed by atoms with Crippen LogP contribution in [0.15, 0.2) is 28.2 Å². The predicted octanol–water partition coefficient (Wildman–Crippen LogP) is 1.19. The standard InChI is InChI=1S/C11H12N2O4S2/c1-7(10(12)14)19(15,16)6-8-5-17-11(13-8)9-3-2-4-18-9/h2-5,7H,6H2,1H3,(H2,12,14)/t7-/m0/s1. The molecule has 0 unspecified atom stereocenters. The van der Waals surface area contributed by atoms with Gasteiger partial charge in [-0.3, -0.25) is 4.79 Å². The van der Waals surface area contributed by atoms with Crippen LogP contribution in [-0.2, 0) is 20.4 Å². The lowest BCUT2D eigenvalue weighted by Gasteiger charge is -2.06. The summed E-state index contributed by atoms with van der Waals surface area (Å²) in [5, 5.41) is 0.625. The monoisotopic (exact) mass is 300 g/mol. The van der Waals surface area contributed by atoms with Crippen molar-refractivity contribution in [1.82, 2.24) is 4.98 Å². The van der Waals surface area contributed by atoms with Gasteiger partial charge in [0.15, 0.2) is 9.84 Å². The zero-order chi connectivity index (χ0) is 14.0. The summed E-state index contributed by atoms with van der Waals surface area (Å²) in [4.78, 5) is 15.8. The first-order valence-electron chi connectivity index (χ1n) is 5.39. The van der Waals surface area contributed by atoms with Crippen LogP contribution >= 0.6 is 11.3 Å². The van der Waals surface area contributed by atoms with Gasteiger partial charge in [-0.25, -0.2) is 13.4 Å². The average molecular weight is 300 g/mol. The number of nitrogens with zero attached hydrogens (tertiary/aromatic N) is 1. The number of primary amides is 1. The van der Waals surface area contributed by atoms with Gasteiger partial charge in [0, 0.05) is 0 Å². The maximum absolute atomic E-state index is 11.9. The lowest BCUT2D eigenvalue weighted by atomic mass is 10.5. The molecule has 0 radical (unpaired) electrons. The van der Waals surface area contributed by atoms with Crippen LogP contribution in [0.4, 0.5) is 0 Å². The van der Waals surface area contributed by atoms with E-state index in [-0.39, 0.29) is 11.4 Å². The Morgan fingerprint density at radius 3 is 2.89 bits per heavy atom. The fourth-order valence-corrected chi connectivity index (χ4v) is 3.20. The number of carbonyl (C=O) groups is 1. The van der Waals surface area contributed by atoms with Crippen LogP contribution in [0.1, 0.15) is 12.6 Å². The van der Waals surface area contributed by atoms with Crippen molar-refractivity contribution >= 4 is 27.1 Å². The molecule has 2 aromatic heterocycles. The number of oxazole rings is 1. The van der Waals surface area contributed by atoms with E-state index >= 15 is 0 Å². The van der Waals surface area contributed by atoms with E-state index in [1.165, 1.54) is 24.5 Å². The Labute approximate surface area is 114 Å². The van der Waals surface area contributed by atoms with Crippen LogP contribution in [0.25, 0.3) is 10.8 Å². The number of aromatic nitrogens is 1. The predicted molar refractivity (Wildman–Crippen MR) is 71.1 cm³/mol. The minimum absolute atomic E-state index is 0.261. The first kappa shape index (κ1) is 13.8. The second kappa shape index (κ2) is 5.14. The summed E-state index contributed by atoms with van der Waals surface area (Å²) in [6.45, 7) is 1.26. The summed E-state index contributed by atoms with van der Waals surface area (Å²) >= 11 is 1.44. The molecule has 2 heterocycles. The van der Waals surface area contributed by atoms with Crippen LogP contribution in [-0.4, -0.2) is 24.6 Å². The fourth-order valence-electron chi connectivity index (χ4n) is 1.39. The number of carbonyl (C=O) groups excluding carboxylic acids is 1. The Balaban J connectivity index is 2.19. The Bertz CT molecular complexity index is 673. The third kappa shape index (κ3) is 3.02. The molecule has 0 aliphatic rings. The smallest absolute Gasteiger partial charge is 0.236 e. The molecule has 2 rings (SSSR count). The van der Waals surface area contributed by atoms with Crippen LogP contribution in [0, 0.1) is 0 Å². The van der Waals surface area contributed by atoms with Gasteiger partial charge < -0.3 is 10.2 Å². The highest BCUT2D eigenvalue weighted by atomic mass is 32.2. The van der Waals surface area contributed by atoms with Crippen LogP contribution in [0.3, 0.4) is 0 Å². The maximum Gasteiger partial charge on any atom is 0.236 e. The SMILES string of the molecule is C[C@@H](C(N)=O)S(=O)(=O)Cc1coc(-c2cccs2)n1. The lowest BCUT2D eigenvalue weighted by molar-refractivity contribution is -0.117. The third-order valence-electron chi connectivity index (χ3n) is 2.57. The molecule has 0 aliphatic carbocycles. The van der Waals surface area contributed by atoms with Gasteiger partial charge in [0.2, 0.25) is 11.8 Å². The van der Waals surface area contributed by atoms with Gasteiger partial charge in [-0.15, -0.1) is 11.3 Å². The van der Waals surface area contributed by atoms with Crippen LogP contribution in [0.2, 0.25) is 0 Å². The highest BCUT2D eigenvalue weighted by Crippen LogP contribution is 2.24. The minimum atomic E-state index is -3.66. The molecule has 1 amide bonds. The summed E-state index contributed by atoms with van der Waals surface area (Å²) in [6, 6.07) is 3.66. The van der Waals surface area contributed by atoms with Gasteiger partial charge in [-0.2, -0.15) is 0 Å². The van der Waals surface area contributed by atoms with Gasteiger partial charge in [0.1, 0.15) is 11.5 Å². The van der Waals surface area contributed by atoms with E-state index in [1.807, 2.05) is 17.5 Å². The maximum atomic E-state index is 11.9. The van der Waals surface area contributed by atoms with Crippen molar-refractivity contribution in [3.63, 3.8) is 0 Å². The molecule has 0 saturated heterocycles. The van der Waals surface area contributed by atoms with Crippen molar-refractivity contribution in [2.24, 2.45) is 5.73 Å². The van der Waals surface area contributed by atoms with Crippen molar-refractivity contribution in [2.45, 2.75) is 17.9 Å². The largest absolute Gasteiger partial charge is 0.444 e. The molecule has 0 bridgehead atoms. The molecule has 0 aliphatic heterocycles. The van der Waals surface area contributed by atoms with E-state index in [4.69, 9.17) is 10.2 Å². The first-order valence-corrected chi connectivity index (χ1v) is 7.99. The summed E-state index contributed by atoms with van der Waals surface area (Å²) in [5.41, 5.74) is 5.26. The zero-order valence-corrected chi connectivity index (χ0v) is 11.7. The van der Waals surface area contributed by atoms with E-state index in [1.54, 1.807) is 0 Å². The molecule has 0 saturated carbocycles. The first-order chi connectivity index (χ1) is 8.90. The van der Waals surface area contributed by atoms with Crippen LogP contribution in [0.5, 0.6) is 0 Å². The van der Waals surface area contributed by atoms with Crippen molar-refractivity contribution in [2.75, 3.05) is 0 Å². The number of nitrogens with two attached hydrogens (primary N) is 1. The molecule has 6 nitrogen and oxygen atoms in total. The topological polar surface area (TPSA) is 103 Å². The molecule has 0 spiro atoms. The van der Waals surface area contributed by atoms with E-state index < -0.39 is 21.0 Å². The van der Waals surface area contributed by atoms with Crippen molar-refractivity contribution in [3.8, 4) is 10.8 Å². The summed E-state index contributed by atoms with van der Waals surface area (Å²) in [6.07, 6.45) is 1.28. The van der Waals surface area contributed by atoms with Gasteiger partial charge in [-0.05, 0) is 18.4 Å². The number of hydrogen-bond acceptors (Lipinski definition) is 6. The Morgan fingerprint density at radius 1 is 1.58 bits per heavy atom. The fraction of sp³-hybridized carbons (Fsp3) is 0.273. The van der Waals surface area contributed by atoms with E-state index in [2.05, 4.69) is 4.98 Å². The molecule has 2 N–H and O–H groups in total. The van der Waals surface area contributed by atoms with E-state index in [9.17, 15) is 13.2 Å². The molecule has 0 fully saturated rings. The molecule has 8 heteroatoms. The zero-order valence-electron chi connectivity index (χ0n) is 10.1. The number of hydrogen-bond donors (Lipinski definition) is 1. The van der Waals surface area contributed by atoms with Gasteiger partial charge in [0.05, 0.1) is 16.3 Å². The number of amides is 1. The Hall–Kier alpha value is -1.67. The van der Waals surface area contributed by atoms with E-state index in [0.29, 0.717) is 5.89 Å². The number of rotatable bonds is 5. The van der Waals surface area contributed by atoms with Crippen LogP contribution < -0.4 is 5.73 Å². The second-order valence-electron chi connectivity index (χ2n) is 3.97. The molecule has 19 heavy (non-hydrogen) atoms. The lowest BCUT2D eigenvalue weighted by Crippen LogP contribution is -2.34. The average Bonchev–Trinajstić information content (AvgIpc) is 2.96. The normalized spacial score (nSPS) is 13.3. The van der Waals surface area contributed by atoms with Gasteiger partial charge in [0.25, 0.3) is 0 Å². The van der Waals surface area contributed by atoms with Crippen molar-refractivity contribution in [1.29, 1.82) is 0 Å². The molecule has 2 aromatic rings. The van der Waals surface area contributed by atoms with Crippen molar-refractivity contribution in [3.05, 3.63) is 29.5 Å². The van der Waals surface area contributed by atoms with Gasteiger partial charge in [-0.1, -0.05) is 6.07 Å². The molecule has 102 valence electrons. The third-order valence-corrected chi connectivity index (χ3v) is 5.44. The van der Waals surface area contributed by atoms with Gasteiger partial charge >= 0.3 is 0 Å². The number of thiophene rings is 1. The highest BCUT2D eigenvalue weighted by Gasteiger charge is 2.27. The number of sulfone groups is 1. The van der Waals surface area contributed by atoms with Crippen molar-refractivity contribution < 1.29 is 17.6 Å². The second-order valence-corrected chi connectivity index (χ2v) is 7.24. The molecule has 0 aromatic carbocycles.